The lowest BCUT2D eigenvalue weighted by atomic mass is 10.0. The SMILES string of the molecule is CC1C(CCN)Oc2c(Cl)cccc2N1C. The van der Waals surface area contributed by atoms with Gasteiger partial charge in [-0.1, -0.05) is 17.7 Å². The van der Waals surface area contributed by atoms with Crippen LogP contribution in [0.5, 0.6) is 5.75 Å². The van der Waals surface area contributed by atoms with Crippen LogP contribution in [-0.2, 0) is 0 Å². The molecule has 1 aliphatic heterocycles. The molecule has 1 aromatic rings. The van der Waals surface area contributed by atoms with Crippen LogP contribution in [0.3, 0.4) is 0 Å². The quantitative estimate of drug-likeness (QED) is 0.862. The molecule has 0 aliphatic carbocycles. The van der Waals surface area contributed by atoms with Crippen LogP contribution in [0.1, 0.15) is 13.3 Å². The first-order chi connectivity index (χ1) is 7.65. The summed E-state index contributed by atoms with van der Waals surface area (Å²) < 4.78 is 5.93. The molecule has 0 fully saturated rings. The van der Waals surface area contributed by atoms with Gasteiger partial charge < -0.3 is 15.4 Å². The van der Waals surface area contributed by atoms with Gasteiger partial charge in [-0.3, -0.25) is 0 Å². The van der Waals surface area contributed by atoms with Gasteiger partial charge in [-0.05, 0) is 32.0 Å². The molecule has 4 heteroatoms. The van der Waals surface area contributed by atoms with Crippen LogP contribution in [0, 0.1) is 0 Å². The van der Waals surface area contributed by atoms with Crippen molar-refractivity contribution in [1.82, 2.24) is 0 Å². The third kappa shape index (κ3) is 1.85. The third-order valence-corrected chi connectivity index (χ3v) is 3.49. The Morgan fingerprint density at radius 1 is 1.50 bits per heavy atom. The molecule has 0 aromatic heterocycles. The molecule has 2 rings (SSSR count). The van der Waals surface area contributed by atoms with Crippen LogP contribution in [0.15, 0.2) is 18.2 Å². The van der Waals surface area contributed by atoms with E-state index < -0.39 is 0 Å². The first kappa shape index (κ1) is 11.6. The number of fused-ring (bicyclic) bond motifs is 1. The van der Waals surface area contributed by atoms with Crippen molar-refractivity contribution in [2.75, 3.05) is 18.5 Å². The molecule has 1 aromatic carbocycles. The fourth-order valence-corrected chi connectivity index (χ4v) is 2.29. The minimum absolute atomic E-state index is 0.113. The Balaban J connectivity index is 2.36. The molecule has 88 valence electrons. The lowest BCUT2D eigenvalue weighted by Crippen LogP contribution is -2.46. The highest BCUT2D eigenvalue weighted by Crippen LogP contribution is 2.40. The summed E-state index contributed by atoms with van der Waals surface area (Å²) in [7, 11) is 2.06. The number of para-hydroxylation sites is 1. The normalized spacial score (nSPS) is 23.9. The maximum Gasteiger partial charge on any atom is 0.161 e. The summed E-state index contributed by atoms with van der Waals surface area (Å²) in [4.78, 5) is 2.20. The Morgan fingerprint density at radius 2 is 2.25 bits per heavy atom. The number of ether oxygens (including phenoxy) is 1. The van der Waals surface area contributed by atoms with Crippen LogP contribution in [0.25, 0.3) is 0 Å². The zero-order valence-electron chi connectivity index (χ0n) is 9.61. The van der Waals surface area contributed by atoms with Crippen LogP contribution in [0.2, 0.25) is 5.02 Å². The lowest BCUT2D eigenvalue weighted by molar-refractivity contribution is 0.154. The van der Waals surface area contributed by atoms with Crippen LogP contribution >= 0.6 is 11.6 Å². The number of rotatable bonds is 2. The Bertz CT molecular complexity index is 383. The molecule has 2 unspecified atom stereocenters. The molecule has 2 atom stereocenters. The molecule has 0 radical (unpaired) electrons. The second kappa shape index (κ2) is 4.52. The van der Waals surface area contributed by atoms with E-state index in [1.165, 1.54) is 0 Å². The fourth-order valence-electron chi connectivity index (χ4n) is 2.07. The Morgan fingerprint density at radius 3 is 2.94 bits per heavy atom. The molecular formula is C12H17ClN2O. The Labute approximate surface area is 101 Å². The molecule has 3 nitrogen and oxygen atoms in total. The van der Waals surface area contributed by atoms with Gasteiger partial charge in [0, 0.05) is 7.05 Å². The number of hydrogen-bond acceptors (Lipinski definition) is 3. The van der Waals surface area contributed by atoms with Gasteiger partial charge in [0.1, 0.15) is 6.10 Å². The molecule has 1 aliphatic rings. The van der Waals surface area contributed by atoms with E-state index in [0.717, 1.165) is 17.9 Å². The van der Waals surface area contributed by atoms with E-state index in [2.05, 4.69) is 18.9 Å². The zero-order chi connectivity index (χ0) is 11.7. The predicted octanol–water partition coefficient (Wildman–Crippen LogP) is 2.27. The Hall–Kier alpha value is -0.930. The highest BCUT2D eigenvalue weighted by Gasteiger charge is 2.31. The van der Waals surface area contributed by atoms with Gasteiger partial charge in [-0.25, -0.2) is 0 Å². The summed E-state index contributed by atoms with van der Waals surface area (Å²) in [5.74, 6) is 0.781. The lowest BCUT2D eigenvalue weighted by Gasteiger charge is -2.40. The number of nitrogens with two attached hydrogens (primary N) is 1. The van der Waals surface area contributed by atoms with Crippen molar-refractivity contribution in [3.05, 3.63) is 23.2 Å². The largest absolute Gasteiger partial charge is 0.484 e. The smallest absolute Gasteiger partial charge is 0.161 e. The van der Waals surface area contributed by atoms with Crippen molar-refractivity contribution in [2.24, 2.45) is 5.73 Å². The maximum atomic E-state index is 6.14. The molecule has 0 saturated carbocycles. The van der Waals surface area contributed by atoms with Crippen molar-refractivity contribution < 1.29 is 4.74 Å². The molecule has 2 N–H and O–H groups in total. The number of likely N-dealkylation sites (N-methyl/N-ethyl adjacent to an activating group) is 1. The minimum atomic E-state index is 0.113. The third-order valence-electron chi connectivity index (χ3n) is 3.20. The van der Waals surface area contributed by atoms with E-state index in [0.29, 0.717) is 17.6 Å². The average Bonchev–Trinajstić information content (AvgIpc) is 2.27. The topological polar surface area (TPSA) is 38.5 Å². The van der Waals surface area contributed by atoms with Crippen LogP contribution in [0.4, 0.5) is 5.69 Å². The minimum Gasteiger partial charge on any atom is -0.484 e. The van der Waals surface area contributed by atoms with Gasteiger partial charge in [0.15, 0.2) is 5.75 Å². The van der Waals surface area contributed by atoms with Crippen molar-refractivity contribution in [1.29, 1.82) is 0 Å². The highest BCUT2D eigenvalue weighted by atomic mass is 35.5. The summed E-state index contributed by atoms with van der Waals surface area (Å²) in [6.45, 7) is 2.77. The second-order valence-corrected chi connectivity index (χ2v) is 4.58. The first-order valence-corrected chi connectivity index (χ1v) is 5.91. The maximum absolute atomic E-state index is 6.14. The predicted molar refractivity (Wildman–Crippen MR) is 67.4 cm³/mol. The molecule has 0 saturated heterocycles. The van der Waals surface area contributed by atoms with Gasteiger partial charge in [0.25, 0.3) is 0 Å². The van der Waals surface area contributed by atoms with Crippen molar-refractivity contribution in [3.8, 4) is 5.75 Å². The van der Waals surface area contributed by atoms with E-state index in [9.17, 15) is 0 Å². The zero-order valence-corrected chi connectivity index (χ0v) is 10.4. The van der Waals surface area contributed by atoms with Crippen molar-refractivity contribution in [2.45, 2.75) is 25.5 Å². The van der Waals surface area contributed by atoms with Gasteiger partial charge in [0.2, 0.25) is 0 Å². The van der Waals surface area contributed by atoms with E-state index in [-0.39, 0.29) is 6.10 Å². The van der Waals surface area contributed by atoms with Crippen molar-refractivity contribution in [3.63, 3.8) is 0 Å². The van der Waals surface area contributed by atoms with E-state index in [4.69, 9.17) is 22.1 Å². The molecular weight excluding hydrogens is 224 g/mol. The van der Waals surface area contributed by atoms with Gasteiger partial charge in [-0.2, -0.15) is 0 Å². The summed E-state index contributed by atoms with van der Waals surface area (Å²) in [6.07, 6.45) is 0.957. The van der Waals surface area contributed by atoms with E-state index in [1.807, 2.05) is 18.2 Å². The molecule has 16 heavy (non-hydrogen) atoms. The summed E-state index contributed by atoms with van der Waals surface area (Å²) in [6, 6.07) is 6.13. The van der Waals surface area contributed by atoms with Gasteiger partial charge in [0.05, 0.1) is 16.8 Å². The molecule has 0 bridgehead atoms. The summed E-state index contributed by atoms with van der Waals surface area (Å²) >= 11 is 6.14. The number of nitrogens with zero attached hydrogens (tertiary/aromatic N) is 1. The van der Waals surface area contributed by atoms with Crippen LogP contribution in [-0.4, -0.2) is 25.7 Å². The first-order valence-electron chi connectivity index (χ1n) is 5.53. The number of benzene rings is 1. The highest BCUT2D eigenvalue weighted by molar-refractivity contribution is 6.32. The van der Waals surface area contributed by atoms with E-state index >= 15 is 0 Å². The summed E-state index contributed by atoms with van der Waals surface area (Å²) in [5, 5.41) is 0.665. The number of halogens is 1. The molecule has 1 heterocycles. The standard InChI is InChI=1S/C12H17ClN2O/c1-8-11(6-7-14)16-12-9(13)4-3-5-10(12)15(8)2/h3-5,8,11H,6-7,14H2,1-2H3. The fraction of sp³-hybridized carbons (Fsp3) is 0.500. The average molecular weight is 241 g/mol. The second-order valence-electron chi connectivity index (χ2n) is 4.17. The number of anilines is 1. The van der Waals surface area contributed by atoms with Crippen LogP contribution < -0.4 is 15.4 Å². The monoisotopic (exact) mass is 240 g/mol. The van der Waals surface area contributed by atoms with Crippen molar-refractivity contribution >= 4 is 17.3 Å². The van der Waals surface area contributed by atoms with Gasteiger partial charge in [-0.15, -0.1) is 0 Å². The Kier molecular flexibility index (Phi) is 3.26. The summed E-state index contributed by atoms with van der Waals surface area (Å²) in [5.41, 5.74) is 6.64. The molecule has 0 amide bonds. The van der Waals surface area contributed by atoms with Gasteiger partial charge >= 0.3 is 0 Å². The number of hydrogen-bond donors (Lipinski definition) is 1. The van der Waals surface area contributed by atoms with E-state index in [1.54, 1.807) is 0 Å². The molecule has 0 spiro atoms.